The van der Waals surface area contributed by atoms with Crippen LogP contribution in [-0.4, -0.2) is 41.8 Å². The molecular weight excluding hydrogens is 212 g/mol. The first-order valence-corrected chi connectivity index (χ1v) is 7.31. The van der Waals surface area contributed by atoms with Crippen LogP contribution in [0.5, 0.6) is 0 Å². The molecule has 3 N–H and O–H groups in total. The average molecular weight is 240 g/mol. The highest BCUT2D eigenvalue weighted by Crippen LogP contribution is 2.50. The molecule has 1 heterocycles. The number of nitrogens with zero attached hydrogens (tertiary/aromatic N) is 1. The van der Waals surface area contributed by atoms with Crippen molar-refractivity contribution in [3.05, 3.63) is 0 Å². The summed E-state index contributed by atoms with van der Waals surface area (Å²) in [5.41, 5.74) is 5.55. The van der Waals surface area contributed by atoms with Gasteiger partial charge in [-0.05, 0) is 38.6 Å². The van der Waals surface area contributed by atoms with E-state index in [1.807, 2.05) is 0 Å². The second-order valence-corrected chi connectivity index (χ2v) is 6.06. The van der Waals surface area contributed by atoms with Crippen LogP contribution in [0.1, 0.15) is 51.9 Å². The van der Waals surface area contributed by atoms with Gasteiger partial charge in [-0.15, -0.1) is 0 Å². The molecule has 0 atom stereocenters. The summed E-state index contributed by atoms with van der Waals surface area (Å²) in [4.78, 5) is 2.48. The first-order valence-electron chi connectivity index (χ1n) is 7.31. The summed E-state index contributed by atoms with van der Waals surface area (Å²) < 4.78 is 0. The molecule has 0 radical (unpaired) electrons. The first kappa shape index (κ1) is 13.3. The second-order valence-electron chi connectivity index (χ2n) is 6.06. The molecule has 0 aromatic rings. The van der Waals surface area contributed by atoms with Crippen LogP contribution >= 0.6 is 0 Å². The number of hydrogen-bond donors (Lipinski definition) is 2. The molecule has 1 aliphatic heterocycles. The Labute approximate surface area is 105 Å². The molecule has 1 aliphatic carbocycles. The molecule has 2 rings (SSSR count). The maximum atomic E-state index is 11.0. The molecule has 1 saturated carbocycles. The predicted octanol–water partition coefficient (Wildman–Crippen LogP) is 1.74. The minimum Gasteiger partial charge on any atom is -0.389 e. The molecule has 100 valence electrons. The maximum Gasteiger partial charge on any atom is 0.0740 e. The zero-order chi connectivity index (χ0) is 12.4. The van der Waals surface area contributed by atoms with Gasteiger partial charge in [-0.25, -0.2) is 0 Å². The Morgan fingerprint density at radius 3 is 2.18 bits per heavy atom. The molecule has 0 aromatic carbocycles. The van der Waals surface area contributed by atoms with Crippen LogP contribution in [0.15, 0.2) is 0 Å². The molecule has 1 saturated heterocycles. The Hall–Kier alpha value is -0.120. The summed E-state index contributed by atoms with van der Waals surface area (Å²) in [5.74, 6) is 0. The largest absolute Gasteiger partial charge is 0.389 e. The topological polar surface area (TPSA) is 49.5 Å². The number of piperidine rings is 1. The molecule has 0 amide bonds. The van der Waals surface area contributed by atoms with Crippen LogP contribution in [-0.2, 0) is 0 Å². The van der Waals surface area contributed by atoms with E-state index in [0.29, 0.717) is 6.54 Å². The van der Waals surface area contributed by atoms with Gasteiger partial charge in [-0.1, -0.05) is 19.8 Å². The Kier molecular flexibility index (Phi) is 4.11. The summed E-state index contributed by atoms with van der Waals surface area (Å²) in [5, 5.41) is 11.0. The molecular formula is C14H28N2O. The molecule has 0 unspecified atom stereocenters. The van der Waals surface area contributed by atoms with Gasteiger partial charge in [0, 0.05) is 25.0 Å². The van der Waals surface area contributed by atoms with Gasteiger partial charge in [0.15, 0.2) is 0 Å². The van der Waals surface area contributed by atoms with Crippen molar-refractivity contribution in [1.29, 1.82) is 0 Å². The Morgan fingerprint density at radius 2 is 1.71 bits per heavy atom. The van der Waals surface area contributed by atoms with Gasteiger partial charge < -0.3 is 15.7 Å². The first-order chi connectivity index (χ1) is 8.16. The minimum atomic E-state index is -0.484. The Balaban J connectivity index is 2.00. The van der Waals surface area contributed by atoms with E-state index in [1.165, 1.54) is 25.8 Å². The van der Waals surface area contributed by atoms with Crippen molar-refractivity contribution < 1.29 is 5.11 Å². The molecule has 0 spiro atoms. The molecule has 3 heteroatoms. The van der Waals surface area contributed by atoms with Gasteiger partial charge in [-0.3, -0.25) is 0 Å². The summed E-state index contributed by atoms with van der Waals surface area (Å²) >= 11 is 0. The van der Waals surface area contributed by atoms with Crippen molar-refractivity contribution in [1.82, 2.24) is 4.90 Å². The zero-order valence-electron chi connectivity index (χ0n) is 11.2. The van der Waals surface area contributed by atoms with Crippen LogP contribution in [0.2, 0.25) is 0 Å². The third-order valence-corrected chi connectivity index (χ3v) is 5.16. The minimum absolute atomic E-state index is 0.0330. The fourth-order valence-electron chi connectivity index (χ4n) is 3.90. The molecule has 17 heavy (non-hydrogen) atoms. The summed E-state index contributed by atoms with van der Waals surface area (Å²) in [6, 6.07) is 0. The van der Waals surface area contributed by atoms with E-state index in [4.69, 9.17) is 5.73 Å². The van der Waals surface area contributed by atoms with E-state index in [2.05, 4.69) is 11.8 Å². The van der Waals surface area contributed by atoms with Crippen LogP contribution in [0.4, 0.5) is 0 Å². The van der Waals surface area contributed by atoms with Crippen molar-refractivity contribution in [3.8, 4) is 0 Å². The lowest BCUT2D eigenvalue weighted by atomic mass is 9.66. The van der Waals surface area contributed by atoms with Gasteiger partial charge in [0.1, 0.15) is 0 Å². The highest BCUT2D eigenvalue weighted by Gasteiger charge is 2.51. The maximum absolute atomic E-state index is 11.0. The molecule has 2 aliphatic rings. The van der Waals surface area contributed by atoms with E-state index in [9.17, 15) is 5.11 Å². The lowest BCUT2D eigenvalue weighted by Gasteiger charge is -2.49. The standard InChI is InChI=1S/C14H28N2O/c1-2-9-16-10-7-14(17,8-11-16)13(12-15)5-3-4-6-13/h17H,2-12,15H2,1H3. The van der Waals surface area contributed by atoms with Crippen LogP contribution in [0.25, 0.3) is 0 Å². The van der Waals surface area contributed by atoms with E-state index in [1.54, 1.807) is 0 Å². The number of aliphatic hydroxyl groups is 1. The Bertz CT molecular complexity index is 241. The predicted molar refractivity (Wildman–Crippen MR) is 70.9 cm³/mol. The monoisotopic (exact) mass is 240 g/mol. The van der Waals surface area contributed by atoms with E-state index >= 15 is 0 Å². The van der Waals surface area contributed by atoms with Crippen LogP contribution in [0.3, 0.4) is 0 Å². The highest BCUT2D eigenvalue weighted by atomic mass is 16.3. The van der Waals surface area contributed by atoms with Gasteiger partial charge in [0.2, 0.25) is 0 Å². The third-order valence-electron chi connectivity index (χ3n) is 5.16. The molecule has 2 fully saturated rings. The van der Waals surface area contributed by atoms with Crippen molar-refractivity contribution in [2.75, 3.05) is 26.2 Å². The summed E-state index contributed by atoms with van der Waals surface area (Å²) in [6.07, 6.45) is 7.81. The van der Waals surface area contributed by atoms with Gasteiger partial charge >= 0.3 is 0 Å². The van der Waals surface area contributed by atoms with Gasteiger partial charge in [0.25, 0.3) is 0 Å². The number of likely N-dealkylation sites (tertiary alicyclic amines) is 1. The van der Waals surface area contributed by atoms with Crippen molar-refractivity contribution in [2.45, 2.75) is 57.5 Å². The zero-order valence-corrected chi connectivity index (χ0v) is 11.2. The van der Waals surface area contributed by atoms with Crippen molar-refractivity contribution in [2.24, 2.45) is 11.1 Å². The average Bonchev–Trinajstić information content (AvgIpc) is 2.83. The van der Waals surface area contributed by atoms with Crippen LogP contribution < -0.4 is 5.73 Å². The van der Waals surface area contributed by atoms with Crippen LogP contribution in [0, 0.1) is 5.41 Å². The molecule has 0 aromatic heterocycles. The fourth-order valence-corrected chi connectivity index (χ4v) is 3.90. The van der Waals surface area contributed by atoms with Crippen molar-refractivity contribution in [3.63, 3.8) is 0 Å². The van der Waals surface area contributed by atoms with E-state index in [0.717, 1.165) is 38.8 Å². The SMILES string of the molecule is CCCN1CCC(O)(C2(CN)CCCC2)CC1. The number of hydrogen-bond acceptors (Lipinski definition) is 3. The summed E-state index contributed by atoms with van der Waals surface area (Å²) in [7, 11) is 0. The third kappa shape index (κ3) is 2.38. The quantitative estimate of drug-likeness (QED) is 0.787. The number of nitrogens with two attached hydrogens (primary N) is 1. The normalized spacial score (nSPS) is 28.4. The van der Waals surface area contributed by atoms with Gasteiger partial charge in [0.05, 0.1) is 5.60 Å². The lowest BCUT2D eigenvalue weighted by molar-refractivity contribution is -0.115. The lowest BCUT2D eigenvalue weighted by Crippen LogP contribution is -2.56. The highest BCUT2D eigenvalue weighted by molar-refractivity contribution is 5.04. The summed E-state index contributed by atoms with van der Waals surface area (Å²) in [6.45, 7) is 6.15. The fraction of sp³-hybridized carbons (Fsp3) is 1.00. The van der Waals surface area contributed by atoms with E-state index in [-0.39, 0.29) is 5.41 Å². The number of rotatable bonds is 4. The molecule has 0 bridgehead atoms. The van der Waals surface area contributed by atoms with E-state index < -0.39 is 5.60 Å². The molecule has 3 nitrogen and oxygen atoms in total. The van der Waals surface area contributed by atoms with Crippen molar-refractivity contribution >= 4 is 0 Å². The van der Waals surface area contributed by atoms with Gasteiger partial charge in [-0.2, -0.15) is 0 Å². The smallest absolute Gasteiger partial charge is 0.0740 e. The second kappa shape index (κ2) is 5.25. The Morgan fingerprint density at radius 1 is 1.12 bits per heavy atom.